The van der Waals surface area contributed by atoms with Crippen LogP contribution in [-0.4, -0.2) is 33.2 Å². The van der Waals surface area contributed by atoms with Crippen molar-refractivity contribution in [3.8, 4) is 5.75 Å². The molecular weight excluding hydrogens is 338 g/mol. The van der Waals surface area contributed by atoms with Crippen LogP contribution in [0.1, 0.15) is 47.8 Å². The molecule has 8 nitrogen and oxygen atoms in total. The third kappa shape index (κ3) is 4.59. The molecule has 8 heteroatoms. The first-order valence-corrected chi connectivity index (χ1v) is 8.57. The zero-order valence-corrected chi connectivity index (χ0v) is 14.5. The number of hydrogen-bond acceptors (Lipinski definition) is 6. The van der Waals surface area contributed by atoms with Crippen molar-refractivity contribution >= 4 is 11.9 Å². The standard InChI is InChI=1S/C18H21N3O5/c1-11-19-16(21-26-11)10-25-15-4-2-3-13(9-15)17(22)20-14-7-5-12(6-8-14)18(23)24/h2-4,9,12,14H,5-8,10H2,1H3,(H,20,22)(H,23,24). The first-order chi connectivity index (χ1) is 12.5. The molecule has 138 valence electrons. The van der Waals surface area contributed by atoms with Gasteiger partial charge in [0.15, 0.2) is 6.61 Å². The zero-order chi connectivity index (χ0) is 18.5. The average molecular weight is 359 g/mol. The van der Waals surface area contributed by atoms with E-state index in [4.69, 9.17) is 14.4 Å². The minimum absolute atomic E-state index is 0.00461. The van der Waals surface area contributed by atoms with Crippen molar-refractivity contribution in [2.75, 3.05) is 0 Å². The van der Waals surface area contributed by atoms with Gasteiger partial charge in [-0.2, -0.15) is 4.98 Å². The van der Waals surface area contributed by atoms with Gasteiger partial charge in [-0.25, -0.2) is 0 Å². The number of hydrogen-bond donors (Lipinski definition) is 2. The van der Waals surface area contributed by atoms with Crippen molar-refractivity contribution < 1.29 is 24.0 Å². The summed E-state index contributed by atoms with van der Waals surface area (Å²) in [7, 11) is 0. The number of aliphatic carboxylic acids is 1. The second kappa shape index (κ2) is 7.99. The summed E-state index contributed by atoms with van der Waals surface area (Å²) in [6.07, 6.45) is 2.53. The van der Waals surface area contributed by atoms with Crippen LogP contribution in [0.2, 0.25) is 0 Å². The molecule has 0 bridgehead atoms. The summed E-state index contributed by atoms with van der Waals surface area (Å²) < 4.78 is 10.5. The second-order valence-corrected chi connectivity index (χ2v) is 6.41. The van der Waals surface area contributed by atoms with Gasteiger partial charge in [-0.05, 0) is 43.9 Å². The molecule has 1 fully saturated rings. The molecule has 3 rings (SSSR count). The molecule has 1 aliphatic rings. The fourth-order valence-electron chi connectivity index (χ4n) is 3.03. The molecule has 0 aliphatic heterocycles. The molecule has 0 unspecified atom stereocenters. The van der Waals surface area contributed by atoms with E-state index in [9.17, 15) is 9.59 Å². The molecule has 0 saturated heterocycles. The number of ether oxygens (including phenoxy) is 1. The number of aryl methyl sites for hydroxylation is 1. The molecule has 1 amide bonds. The van der Waals surface area contributed by atoms with Gasteiger partial charge in [0.05, 0.1) is 5.92 Å². The van der Waals surface area contributed by atoms with E-state index < -0.39 is 5.97 Å². The van der Waals surface area contributed by atoms with Crippen molar-refractivity contribution in [3.63, 3.8) is 0 Å². The van der Waals surface area contributed by atoms with E-state index in [0.717, 1.165) is 0 Å². The lowest BCUT2D eigenvalue weighted by atomic mass is 9.86. The Balaban J connectivity index is 1.54. The highest BCUT2D eigenvalue weighted by atomic mass is 16.5. The summed E-state index contributed by atoms with van der Waals surface area (Å²) in [6, 6.07) is 6.87. The van der Waals surface area contributed by atoms with Crippen LogP contribution in [0.3, 0.4) is 0 Å². The molecule has 1 heterocycles. The number of carbonyl (C=O) groups excluding carboxylic acids is 1. The SMILES string of the molecule is Cc1nc(COc2cccc(C(=O)NC3CCC(C(=O)O)CC3)c2)no1. The van der Waals surface area contributed by atoms with Crippen molar-refractivity contribution in [2.45, 2.75) is 45.3 Å². The Morgan fingerprint density at radius 2 is 2.08 bits per heavy atom. The number of carboxylic acid groups (broad SMARTS) is 1. The van der Waals surface area contributed by atoms with E-state index in [1.54, 1.807) is 31.2 Å². The molecule has 1 aromatic heterocycles. The van der Waals surface area contributed by atoms with Gasteiger partial charge in [0.2, 0.25) is 11.7 Å². The third-order valence-corrected chi connectivity index (χ3v) is 4.45. The van der Waals surface area contributed by atoms with E-state index >= 15 is 0 Å². The van der Waals surface area contributed by atoms with Crippen LogP contribution >= 0.6 is 0 Å². The molecule has 0 spiro atoms. The number of nitrogens with zero attached hydrogens (tertiary/aromatic N) is 2. The predicted molar refractivity (Wildman–Crippen MR) is 90.7 cm³/mol. The molecule has 1 aromatic carbocycles. The minimum Gasteiger partial charge on any atom is -0.485 e. The first kappa shape index (κ1) is 17.9. The van der Waals surface area contributed by atoms with Crippen LogP contribution in [0.4, 0.5) is 0 Å². The van der Waals surface area contributed by atoms with Gasteiger partial charge in [-0.15, -0.1) is 0 Å². The monoisotopic (exact) mass is 359 g/mol. The zero-order valence-electron chi connectivity index (χ0n) is 14.5. The Hall–Kier alpha value is -2.90. The highest BCUT2D eigenvalue weighted by molar-refractivity contribution is 5.94. The van der Waals surface area contributed by atoms with Gasteiger partial charge in [0, 0.05) is 18.5 Å². The van der Waals surface area contributed by atoms with Crippen LogP contribution in [0.15, 0.2) is 28.8 Å². The lowest BCUT2D eigenvalue weighted by molar-refractivity contribution is -0.142. The Labute approximate surface area is 150 Å². The summed E-state index contributed by atoms with van der Waals surface area (Å²) in [6.45, 7) is 1.85. The van der Waals surface area contributed by atoms with Crippen LogP contribution in [0, 0.1) is 12.8 Å². The normalized spacial score (nSPS) is 19.7. The lowest BCUT2D eigenvalue weighted by Gasteiger charge is -2.26. The van der Waals surface area contributed by atoms with Gasteiger partial charge in [0.25, 0.3) is 5.91 Å². The van der Waals surface area contributed by atoms with Crippen LogP contribution in [0.5, 0.6) is 5.75 Å². The Bertz CT molecular complexity index is 781. The Morgan fingerprint density at radius 1 is 1.31 bits per heavy atom. The predicted octanol–water partition coefficient (Wildman–Crippen LogP) is 2.33. The third-order valence-electron chi connectivity index (χ3n) is 4.45. The molecule has 1 aliphatic carbocycles. The number of rotatable bonds is 6. The lowest BCUT2D eigenvalue weighted by Crippen LogP contribution is -2.38. The van der Waals surface area contributed by atoms with Crippen molar-refractivity contribution in [1.29, 1.82) is 0 Å². The van der Waals surface area contributed by atoms with Crippen LogP contribution in [0.25, 0.3) is 0 Å². The molecular formula is C18H21N3O5. The fraction of sp³-hybridized carbons (Fsp3) is 0.444. The summed E-state index contributed by atoms with van der Waals surface area (Å²) in [5.41, 5.74) is 0.493. The smallest absolute Gasteiger partial charge is 0.306 e. The van der Waals surface area contributed by atoms with E-state index in [2.05, 4.69) is 15.5 Å². The molecule has 0 atom stereocenters. The Kier molecular flexibility index (Phi) is 5.50. The summed E-state index contributed by atoms with van der Waals surface area (Å²) in [4.78, 5) is 27.5. The van der Waals surface area contributed by atoms with E-state index in [1.807, 2.05) is 0 Å². The Morgan fingerprint density at radius 3 is 2.73 bits per heavy atom. The van der Waals surface area contributed by atoms with Gasteiger partial charge in [0.1, 0.15) is 5.75 Å². The maximum Gasteiger partial charge on any atom is 0.306 e. The van der Waals surface area contributed by atoms with Gasteiger partial charge >= 0.3 is 5.97 Å². The molecule has 2 aromatic rings. The van der Waals surface area contributed by atoms with E-state index in [-0.39, 0.29) is 24.5 Å². The minimum atomic E-state index is -0.753. The largest absolute Gasteiger partial charge is 0.485 e. The van der Waals surface area contributed by atoms with E-state index in [1.165, 1.54) is 0 Å². The van der Waals surface area contributed by atoms with Crippen molar-refractivity contribution in [1.82, 2.24) is 15.5 Å². The van der Waals surface area contributed by atoms with Crippen LogP contribution in [-0.2, 0) is 11.4 Å². The number of carboxylic acids is 1. The van der Waals surface area contributed by atoms with Crippen molar-refractivity contribution in [2.24, 2.45) is 5.92 Å². The molecule has 1 saturated carbocycles. The topological polar surface area (TPSA) is 115 Å². The number of benzene rings is 1. The number of nitrogens with one attached hydrogen (secondary N) is 1. The van der Waals surface area contributed by atoms with Gasteiger partial charge in [-0.1, -0.05) is 11.2 Å². The first-order valence-electron chi connectivity index (χ1n) is 8.57. The fourth-order valence-corrected chi connectivity index (χ4v) is 3.03. The molecule has 2 N–H and O–H groups in total. The summed E-state index contributed by atoms with van der Waals surface area (Å²) in [5.74, 6) is 0.200. The van der Waals surface area contributed by atoms with Crippen LogP contribution < -0.4 is 10.1 Å². The van der Waals surface area contributed by atoms with Crippen molar-refractivity contribution in [3.05, 3.63) is 41.5 Å². The number of carbonyl (C=O) groups is 2. The number of amides is 1. The summed E-state index contributed by atoms with van der Waals surface area (Å²) >= 11 is 0. The quantitative estimate of drug-likeness (QED) is 0.813. The second-order valence-electron chi connectivity index (χ2n) is 6.41. The average Bonchev–Trinajstić information content (AvgIpc) is 3.06. The maximum absolute atomic E-state index is 12.4. The molecule has 0 radical (unpaired) electrons. The highest BCUT2D eigenvalue weighted by Gasteiger charge is 2.26. The maximum atomic E-state index is 12.4. The van der Waals surface area contributed by atoms with E-state index in [0.29, 0.717) is 48.7 Å². The highest BCUT2D eigenvalue weighted by Crippen LogP contribution is 2.25. The number of aromatic nitrogens is 2. The molecule has 26 heavy (non-hydrogen) atoms. The van der Waals surface area contributed by atoms with Gasteiger partial charge < -0.3 is 19.7 Å². The summed E-state index contributed by atoms with van der Waals surface area (Å²) in [5, 5.41) is 15.8. The van der Waals surface area contributed by atoms with Gasteiger partial charge in [-0.3, -0.25) is 9.59 Å².